The Kier molecular flexibility index (Phi) is 3.63. The maximum absolute atomic E-state index is 13.0. The van der Waals surface area contributed by atoms with E-state index < -0.39 is 15.4 Å². The van der Waals surface area contributed by atoms with Gasteiger partial charge in [-0.3, -0.25) is 0 Å². The van der Waals surface area contributed by atoms with E-state index in [2.05, 4.69) is 12.1 Å². The Balaban J connectivity index is 1.65. The monoisotopic (exact) mass is 355 g/mol. The number of sulfonamides is 1. The molecule has 1 aliphatic carbocycles. The fourth-order valence-corrected chi connectivity index (χ4v) is 5.81. The minimum atomic E-state index is -3.57. The fraction of sp³-hybridized carbons (Fsp3) is 0.350. The number of hydrogen-bond donors (Lipinski definition) is 0. The number of carbonyl (C=O) groups excluding carboxylic acids is 1. The molecule has 2 aliphatic rings. The zero-order valence-corrected chi connectivity index (χ0v) is 15.0. The molecule has 25 heavy (non-hydrogen) atoms. The number of piperidine rings is 1. The summed E-state index contributed by atoms with van der Waals surface area (Å²) < 4.78 is 27.4. The summed E-state index contributed by atoms with van der Waals surface area (Å²) >= 11 is 0. The van der Waals surface area contributed by atoms with Crippen LogP contribution < -0.4 is 0 Å². The lowest BCUT2D eigenvalue weighted by molar-refractivity contribution is -0.113. The predicted octanol–water partition coefficient (Wildman–Crippen LogP) is 2.92. The Bertz CT molecular complexity index is 908. The summed E-state index contributed by atoms with van der Waals surface area (Å²) in [6, 6.07) is 16.9. The van der Waals surface area contributed by atoms with Crippen LogP contribution in [0.1, 0.15) is 24.0 Å². The molecule has 0 radical (unpaired) electrons. The lowest BCUT2D eigenvalue weighted by atomic mass is 9.82. The molecule has 0 spiro atoms. The van der Waals surface area contributed by atoms with Gasteiger partial charge in [-0.1, -0.05) is 48.0 Å². The van der Waals surface area contributed by atoms with E-state index in [1.807, 2.05) is 25.1 Å². The molecular formula is C20H21NO3S. The third-order valence-electron chi connectivity index (χ3n) is 5.90. The molecule has 1 aliphatic heterocycles. The molecule has 0 aromatic heterocycles. The van der Waals surface area contributed by atoms with Crippen LogP contribution in [0.15, 0.2) is 59.5 Å². The Hall–Kier alpha value is -1.98. The Morgan fingerprint density at radius 1 is 1.04 bits per heavy atom. The highest BCUT2D eigenvalue weighted by Crippen LogP contribution is 2.67. The molecule has 2 fully saturated rings. The minimum absolute atomic E-state index is 0.199. The highest BCUT2D eigenvalue weighted by Gasteiger charge is 2.70. The van der Waals surface area contributed by atoms with E-state index in [9.17, 15) is 13.2 Å². The molecule has 4 rings (SSSR count). The smallest absolute Gasteiger partial charge is 0.243 e. The van der Waals surface area contributed by atoms with Crippen molar-refractivity contribution in [2.24, 2.45) is 5.41 Å². The van der Waals surface area contributed by atoms with Crippen molar-refractivity contribution in [3.05, 3.63) is 65.7 Å². The second kappa shape index (κ2) is 5.51. The summed E-state index contributed by atoms with van der Waals surface area (Å²) in [5, 5.41) is 0. The normalized spacial score (nSPS) is 29.0. The maximum Gasteiger partial charge on any atom is 0.243 e. The summed E-state index contributed by atoms with van der Waals surface area (Å²) in [5.41, 5.74) is 1.38. The van der Waals surface area contributed by atoms with Gasteiger partial charge in [0, 0.05) is 18.5 Å². The molecule has 2 aromatic rings. The number of fused-ring (bicyclic) bond motifs is 1. The molecule has 1 saturated heterocycles. The van der Waals surface area contributed by atoms with Crippen molar-refractivity contribution < 1.29 is 13.2 Å². The van der Waals surface area contributed by atoms with Gasteiger partial charge < -0.3 is 4.79 Å². The highest BCUT2D eigenvalue weighted by atomic mass is 32.2. The van der Waals surface area contributed by atoms with E-state index in [-0.39, 0.29) is 12.0 Å². The molecule has 2 aromatic carbocycles. The van der Waals surface area contributed by atoms with E-state index in [4.69, 9.17) is 0 Å². The van der Waals surface area contributed by atoms with Gasteiger partial charge in [0.25, 0.3) is 0 Å². The van der Waals surface area contributed by atoms with E-state index >= 15 is 0 Å². The van der Waals surface area contributed by atoms with Gasteiger partial charge in [-0.15, -0.1) is 0 Å². The largest absolute Gasteiger partial charge is 0.303 e. The number of nitrogens with zero attached hydrogens (tertiary/aromatic N) is 1. The molecule has 5 heteroatoms. The van der Waals surface area contributed by atoms with E-state index in [0.717, 1.165) is 23.8 Å². The van der Waals surface area contributed by atoms with E-state index in [1.165, 1.54) is 4.31 Å². The van der Waals surface area contributed by atoms with Gasteiger partial charge in [-0.2, -0.15) is 4.31 Å². The summed E-state index contributed by atoms with van der Waals surface area (Å²) in [6.45, 7) is 2.64. The topological polar surface area (TPSA) is 54.5 Å². The first-order valence-corrected chi connectivity index (χ1v) is 9.96. The van der Waals surface area contributed by atoms with Crippen molar-refractivity contribution in [2.75, 3.05) is 13.1 Å². The van der Waals surface area contributed by atoms with Gasteiger partial charge in [-0.05, 0) is 37.5 Å². The predicted molar refractivity (Wildman–Crippen MR) is 95.8 cm³/mol. The lowest BCUT2D eigenvalue weighted by Crippen LogP contribution is -2.45. The third-order valence-corrected chi connectivity index (χ3v) is 7.76. The minimum Gasteiger partial charge on any atom is -0.303 e. The summed E-state index contributed by atoms with van der Waals surface area (Å²) in [5.74, 6) is 0. The van der Waals surface area contributed by atoms with Crippen molar-refractivity contribution in [3.8, 4) is 0 Å². The quantitative estimate of drug-likeness (QED) is 0.793. The van der Waals surface area contributed by atoms with Gasteiger partial charge in [-0.25, -0.2) is 8.42 Å². The second-order valence-electron chi connectivity index (χ2n) is 7.30. The van der Waals surface area contributed by atoms with Gasteiger partial charge in [0.1, 0.15) is 6.29 Å². The third kappa shape index (κ3) is 2.37. The van der Waals surface area contributed by atoms with Crippen molar-refractivity contribution in [1.29, 1.82) is 0 Å². The van der Waals surface area contributed by atoms with E-state index in [1.54, 1.807) is 24.3 Å². The number of rotatable bonds is 4. The van der Waals surface area contributed by atoms with Crippen LogP contribution >= 0.6 is 0 Å². The Morgan fingerprint density at radius 3 is 2.36 bits per heavy atom. The zero-order chi connectivity index (χ0) is 17.7. The van der Waals surface area contributed by atoms with Crippen molar-refractivity contribution >= 4 is 16.3 Å². The van der Waals surface area contributed by atoms with Crippen LogP contribution in [-0.4, -0.2) is 32.1 Å². The molecule has 130 valence electrons. The standard InChI is InChI=1S/C20H21NO3S/c1-16-7-9-18(10-8-16)25(23,24)21-12-11-20(13-19(20,14-21)15-22)17-5-3-2-4-6-17/h2-10,15H,11-14H2,1H3. The van der Waals surface area contributed by atoms with Crippen LogP contribution in [-0.2, 0) is 20.2 Å². The first kappa shape index (κ1) is 16.5. The Morgan fingerprint density at radius 2 is 1.72 bits per heavy atom. The summed E-state index contributed by atoms with van der Waals surface area (Å²) in [7, 11) is -3.57. The van der Waals surface area contributed by atoms with E-state index in [0.29, 0.717) is 17.9 Å². The maximum atomic E-state index is 13.0. The number of hydrogen-bond acceptors (Lipinski definition) is 3. The van der Waals surface area contributed by atoms with Gasteiger partial charge in [0.05, 0.1) is 10.3 Å². The molecule has 4 nitrogen and oxygen atoms in total. The van der Waals surface area contributed by atoms with Crippen molar-refractivity contribution in [2.45, 2.75) is 30.1 Å². The number of aldehydes is 1. The van der Waals surface area contributed by atoms with Crippen LogP contribution in [0.4, 0.5) is 0 Å². The van der Waals surface area contributed by atoms with Crippen LogP contribution in [0.5, 0.6) is 0 Å². The zero-order valence-electron chi connectivity index (χ0n) is 14.2. The fourth-order valence-electron chi connectivity index (χ4n) is 4.30. The second-order valence-corrected chi connectivity index (χ2v) is 9.24. The van der Waals surface area contributed by atoms with Crippen LogP contribution in [0.3, 0.4) is 0 Å². The van der Waals surface area contributed by atoms with Crippen LogP contribution in [0.2, 0.25) is 0 Å². The molecule has 2 atom stereocenters. The highest BCUT2D eigenvalue weighted by molar-refractivity contribution is 7.89. The molecule has 0 bridgehead atoms. The van der Waals surface area contributed by atoms with Gasteiger partial charge in [0.15, 0.2) is 0 Å². The molecule has 1 heterocycles. The van der Waals surface area contributed by atoms with Crippen LogP contribution in [0, 0.1) is 12.3 Å². The first-order chi connectivity index (χ1) is 11.9. The molecule has 0 N–H and O–H groups in total. The SMILES string of the molecule is Cc1ccc(S(=O)(=O)N2CCC3(c4ccccc4)CC3(C=O)C2)cc1. The van der Waals surface area contributed by atoms with Crippen LogP contribution in [0.25, 0.3) is 0 Å². The number of benzene rings is 2. The molecule has 2 unspecified atom stereocenters. The average Bonchev–Trinajstić information content (AvgIpc) is 3.33. The van der Waals surface area contributed by atoms with Gasteiger partial charge in [0.2, 0.25) is 10.0 Å². The summed E-state index contributed by atoms with van der Waals surface area (Å²) in [6.07, 6.45) is 2.39. The molecule has 0 amide bonds. The molecular weight excluding hydrogens is 334 g/mol. The number of aryl methyl sites for hydroxylation is 1. The number of carbonyl (C=O) groups is 1. The average molecular weight is 355 g/mol. The first-order valence-electron chi connectivity index (χ1n) is 8.52. The lowest BCUT2D eigenvalue weighted by Gasteiger charge is -2.35. The van der Waals surface area contributed by atoms with Gasteiger partial charge >= 0.3 is 0 Å². The van der Waals surface area contributed by atoms with Crippen molar-refractivity contribution in [3.63, 3.8) is 0 Å². The molecule has 1 saturated carbocycles. The Labute approximate surface area is 148 Å². The summed E-state index contributed by atoms with van der Waals surface area (Å²) in [4.78, 5) is 12.2. The van der Waals surface area contributed by atoms with Crippen molar-refractivity contribution in [1.82, 2.24) is 4.31 Å².